The Hall–Kier alpha value is -4.36. The topological polar surface area (TPSA) is 123 Å². The van der Waals surface area contributed by atoms with Crippen molar-refractivity contribution < 1.29 is 19.0 Å². The Bertz CT molecular complexity index is 1700. The zero-order valence-corrected chi connectivity index (χ0v) is 23.1. The number of nitriles is 1. The molecule has 0 spiro atoms. The van der Waals surface area contributed by atoms with Crippen LogP contribution < -0.4 is 5.56 Å². The summed E-state index contributed by atoms with van der Waals surface area (Å²) in [6.45, 7) is 3.46. The third kappa shape index (κ3) is 5.77. The van der Waals surface area contributed by atoms with Crippen LogP contribution in [0.15, 0.2) is 47.3 Å². The highest BCUT2D eigenvalue weighted by Crippen LogP contribution is 2.31. The normalized spacial score (nSPS) is 17.0. The summed E-state index contributed by atoms with van der Waals surface area (Å²) in [6, 6.07) is 13.9. The van der Waals surface area contributed by atoms with E-state index in [-0.39, 0.29) is 30.7 Å². The Morgan fingerprint density at radius 3 is 2.63 bits per heavy atom. The van der Waals surface area contributed by atoms with Crippen LogP contribution in [0.5, 0.6) is 0 Å². The van der Waals surface area contributed by atoms with Gasteiger partial charge in [-0.3, -0.25) is 9.36 Å². The van der Waals surface area contributed by atoms with Crippen LogP contribution in [0, 0.1) is 24.1 Å². The smallest absolute Gasteiger partial charge is 0.329 e. The maximum Gasteiger partial charge on any atom is 0.329 e. The zero-order chi connectivity index (χ0) is 29.1. The average molecular weight is 558 g/mol. The summed E-state index contributed by atoms with van der Waals surface area (Å²) in [4.78, 5) is 29.7. The molecule has 41 heavy (non-hydrogen) atoms. The van der Waals surface area contributed by atoms with Gasteiger partial charge in [0.2, 0.25) is 5.78 Å². The van der Waals surface area contributed by atoms with Crippen LogP contribution in [0.2, 0.25) is 0 Å². The van der Waals surface area contributed by atoms with Crippen LogP contribution >= 0.6 is 0 Å². The van der Waals surface area contributed by atoms with E-state index in [0.29, 0.717) is 71.5 Å². The Morgan fingerprint density at radius 2 is 1.95 bits per heavy atom. The Morgan fingerprint density at radius 1 is 1.20 bits per heavy atom. The van der Waals surface area contributed by atoms with E-state index in [1.165, 1.54) is 6.07 Å². The Balaban J connectivity index is 1.54. The minimum absolute atomic E-state index is 0.0894. The predicted molar refractivity (Wildman–Crippen MR) is 150 cm³/mol. The lowest BCUT2D eigenvalue weighted by Crippen LogP contribution is -2.35. The maximum atomic E-state index is 15.6. The SMILES string of the molecule is CCCc1c(Cc2ccc(-c3ccccc3C#N)cc2F)c(=O)n(C2CCC(OCC(=O)O)CC2)c2nc(C)nn12. The first-order chi connectivity index (χ1) is 19.8. The fraction of sp³-hybridized carbons (Fsp3) is 0.387. The second kappa shape index (κ2) is 12.0. The lowest BCUT2D eigenvalue weighted by molar-refractivity contribution is -0.145. The van der Waals surface area contributed by atoms with Gasteiger partial charge in [-0.05, 0) is 67.9 Å². The predicted octanol–water partition coefficient (Wildman–Crippen LogP) is 5.01. The number of halogens is 1. The molecule has 0 saturated heterocycles. The standard InChI is InChI=1S/C31H32FN5O4/c1-3-6-28-26(15-21-10-9-20(16-27(21)32)25-8-5-4-7-22(25)17-33)30(40)36(31-34-19(2)35-37(28)31)23-11-13-24(14-12-23)41-18-29(38)39/h4-5,7-10,16,23-24H,3,6,11-15,18H2,1-2H3,(H,38,39). The van der Waals surface area contributed by atoms with Gasteiger partial charge in [0, 0.05) is 18.0 Å². The molecule has 1 fully saturated rings. The van der Waals surface area contributed by atoms with Crippen molar-refractivity contribution in [3.8, 4) is 17.2 Å². The molecule has 1 aliphatic carbocycles. The first-order valence-electron chi connectivity index (χ1n) is 13.9. The third-order valence-corrected chi connectivity index (χ3v) is 7.71. The third-order valence-electron chi connectivity index (χ3n) is 7.71. The molecule has 1 N–H and O–H groups in total. The van der Waals surface area contributed by atoms with E-state index in [4.69, 9.17) is 9.84 Å². The number of fused-ring (bicyclic) bond motifs is 1. The summed E-state index contributed by atoms with van der Waals surface area (Å²) < 4.78 is 24.5. The molecule has 9 nitrogen and oxygen atoms in total. The second-order valence-electron chi connectivity index (χ2n) is 10.5. The summed E-state index contributed by atoms with van der Waals surface area (Å²) in [6.07, 6.45) is 3.75. The Kier molecular flexibility index (Phi) is 8.26. The fourth-order valence-electron chi connectivity index (χ4n) is 5.77. The number of aryl methyl sites for hydroxylation is 2. The van der Waals surface area contributed by atoms with E-state index in [9.17, 15) is 14.9 Å². The van der Waals surface area contributed by atoms with Crippen molar-refractivity contribution in [3.63, 3.8) is 0 Å². The van der Waals surface area contributed by atoms with Crippen LogP contribution in [0.4, 0.5) is 4.39 Å². The van der Waals surface area contributed by atoms with Gasteiger partial charge >= 0.3 is 5.97 Å². The molecule has 2 heterocycles. The largest absolute Gasteiger partial charge is 0.480 e. The number of nitrogens with zero attached hydrogens (tertiary/aromatic N) is 5. The molecule has 0 amide bonds. The maximum absolute atomic E-state index is 15.6. The summed E-state index contributed by atoms with van der Waals surface area (Å²) in [7, 11) is 0. The Labute approximate surface area is 236 Å². The van der Waals surface area contributed by atoms with Crippen LogP contribution in [0.1, 0.15) is 73.3 Å². The molecular weight excluding hydrogens is 525 g/mol. The number of hydrogen-bond acceptors (Lipinski definition) is 6. The highest BCUT2D eigenvalue weighted by molar-refractivity contribution is 5.70. The van der Waals surface area contributed by atoms with Crippen LogP contribution in [0.25, 0.3) is 16.9 Å². The molecular formula is C31H32FN5O4. The molecule has 212 valence electrons. The number of ether oxygens (including phenoxy) is 1. The summed E-state index contributed by atoms with van der Waals surface area (Å²) in [5.74, 6) is -0.444. The molecule has 10 heteroatoms. The molecule has 1 aliphatic rings. The number of benzene rings is 2. The van der Waals surface area contributed by atoms with Gasteiger partial charge in [-0.1, -0.05) is 43.7 Å². The highest BCUT2D eigenvalue weighted by Gasteiger charge is 2.29. The molecule has 0 unspecified atom stereocenters. The van der Waals surface area contributed by atoms with Crippen molar-refractivity contribution in [2.45, 2.75) is 70.9 Å². The van der Waals surface area contributed by atoms with E-state index in [1.54, 1.807) is 46.3 Å². The van der Waals surface area contributed by atoms with Gasteiger partial charge in [0.05, 0.1) is 23.4 Å². The quantitative estimate of drug-likeness (QED) is 0.307. The first kappa shape index (κ1) is 28.2. The van der Waals surface area contributed by atoms with Gasteiger partial charge in [0.15, 0.2) is 0 Å². The van der Waals surface area contributed by atoms with Gasteiger partial charge in [0.25, 0.3) is 5.56 Å². The molecule has 0 atom stereocenters. The number of carboxylic acid groups (broad SMARTS) is 1. The van der Waals surface area contributed by atoms with E-state index in [1.807, 2.05) is 13.0 Å². The number of aliphatic carboxylic acids is 1. The lowest BCUT2D eigenvalue weighted by atomic mass is 9.92. The van der Waals surface area contributed by atoms with Gasteiger partial charge in [-0.15, -0.1) is 0 Å². The average Bonchev–Trinajstić information content (AvgIpc) is 3.35. The van der Waals surface area contributed by atoms with Crippen LogP contribution in [0.3, 0.4) is 0 Å². The van der Waals surface area contributed by atoms with Crippen molar-refractivity contribution in [3.05, 3.63) is 86.8 Å². The lowest BCUT2D eigenvalue weighted by Gasteiger charge is -2.30. The number of aromatic nitrogens is 4. The first-order valence-corrected chi connectivity index (χ1v) is 13.9. The number of carbonyl (C=O) groups is 1. The van der Waals surface area contributed by atoms with E-state index < -0.39 is 11.8 Å². The summed E-state index contributed by atoms with van der Waals surface area (Å²) in [5, 5.41) is 23.0. The second-order valence-corrected chi connectivity index (χ2v) is 10.5. The van der Waals surface area contributed by atoms with Crippen LogP contribution in [-0.4, -0.2) is 43.0 Å². The molecule has 4 aromatic rings. The zero-order valence-electron chi connectivity index (χ0n) is 23.1. The van der Waals surface area contributed by atoms with Crippen molar-refractivity contribution in [1.29, 1.82) is 5.26 Å². The number of rotatable bonds is 9. The van der Waals surface area contributed by atoms with Gasteiger partial charge < -0.3 is 9.84 Å². The van der Waals surface area contributed by atoms with Crippen molar-refractivity contribution >= 4 is 11.7 Å². The van der Waals surface area contributed by atoms with Gasteiger partial charge in [-0.25, -0.2) is 13.7 Å². The summed E-state index contributed by atoms with van der Waals surface area (Å²) in [5.41, 5.74) is 3.09. The van der Waals surface area contributed by atoms with E-state index in [2.05, 4.69) is 16.2 Å². The minimum Gasteiger partial charge on any atom is -0.480 e. The van der Waals surface area contributed by atoms with Gasteiger partial charge in [-0.2, -0.15) is 15.3 Å². The monoisotopic (exact) mass is 557 g/mol. The molecule has 0 radical (unpaired) electrons. The van der Waals surface area contributed by atoms with E-state index >= 15 is 4.39 Å². The molecule has 2 aromatic heterocycles. The number of carboxylic acids is 1. The van der Waals surface area contributed by atoms with Crippen molar-refractivity contribution in [2.75, 3.05) is 6.61 Å². The van der Waals surface area contributed by atoms with E-state index in [0.717, 1.165) is 12.1 Å². The summed E-state index contributed by atoms with van der Waals surface area (Å²) >= 11 is 0. The highest BCUT2D eigenvalue weighted by atomic mass is 19.1. The van der Waals surface area contributed by atoms with Crippen molar-refractivity contribution in [2.24, 2.45) is 0 Å². The fourth-order valence-corrected chi connectivity index (χ4v) is 5.77. The number of hydrogen-bond donors (Lipinski definition) is 1. The van der Waals surface area contributed by atoms with Crippen LogP contribution in [-0.2, 0) is 22.4 Å². The van der Waals surface area contributed by atoms with Crippen molar-refractivity contribution in [1.82, 2.24) is 19.2 Å². The molecule has 0 aliphatic heterocycles. The van der Waals surface area contributed by atoms with Gasteiger partial charge in [0.1, 0.15) is 18.2 Å². The molecule has 2 aromatic carbocycles. The molecule has 5 rings (SSSR count). The molecule has 0 bridgehead atoms. The minimum atomic E-state index is -1.00. The molecule has 1 saturated carbocycles.